The van der Waals surface area contributed by atoms with Crippen LogP contribution in [-0.4, -0.2) is 40.2 Å². The molecule has 20 heavy (non-hydrogen) atoms. The van der Waals surface area contributed by atoms with Crippen molar-refractivity contribution in [3.8, 4) is 0 Å². The van der Waals surface area contributed by atoms with Crippen LogP contribution in [0.2, 0.25) is 0 Å². The lowest BCUT2D eigenvalue weighted by atomic mass is 10.4. The number of aromatic nitrogens is 1. The van der Waals surface area contributed by atoms with Gasteiger partial charge >= 0.3 is 0 Å². The maximum atomic E-state index is 12.1. The molecule has 1 heterocycles. The summed E-state index contributed by atoms with van der Waals surface area (Å²) in [7, 11) is -1.90. The highest BCUT2D eigenvalue weighted by Crippen LogP contribution is 2.28. The van der Waals surface area contributed by atoms with E-state index >= 15 is 0 Å². The van der Waals surface area contributed by atoms with Crippen LogP contribution >= 0.6 is 0 Å². The molecule has 0 saturated heterocycles. The maximum absolute atomic E-state index is 12.1. The highest BCUT2D eigenvalue weighted by atomic mass is 32.2. The summed E-state index contributed by atoms with van der Waals surface area (Å²) in [6, 6.07) is 3.37. The van der Waals surface area contributed by atoms with Crippen molar-refractivity contribution in [2.75, 3.05) is 32.1 Å². The Hall–Kier alpha value is -1.18. The third-order valence-electron chi connectivity index (χ3n) is 3.10. The van der Waals surface area contributed by atoms with E-state index in [1.54, 1.807) is 19.2 Å². The van der Waals surface area contributed by atoms with Crippen molar-refractivity contribution in [1.29, 1.82) is 0 Å². The number of sulfonamides is 1. The molecule has 1 aliphatic rings. The lowest BCUT2D eigenvalue weighted by molar-refractivity contribution is 0.123. The Morgan fingerprint density at radius 3 is 2.95 bits per heavy atom. The molecule has 0 aliphatic heterocycles. The summed E-state index contributed by atoms with van der Waals surface area (Å²) in [5, 5.41) is 2.85. The van der Waals surface area contributed by atoms with Crippen molar-refractivity contribution in [2.24, 2.45) is 5.92 Å². The number of nitrogens with one attached hydrogen (secondary N) is 2. The molecule has 0 atom stereocenters. The number of nitrogens with zero attached hydrogens (tertiary/aromatic N) is 1. The van der Waals surface area contributed by atoms with E-state index in [4.69, 9.17) is 4.74 Å². The lowest BCUT2D eigenvalue weighted by Gasteiger charge is -2.10. The van der Waals surface area contributed by atoms with E-state index in [-0.39, 0.29) is 5.03 Å². The average molecular weight is 299 g/mol. The predicted molar refractivity (Wildman–Crippen MR) is 77.1 cm³/mol. The first-order valence-corrected chi connectivity index (χ1v) is 8.32. The highest BCUT2D eigenvalue weighted by Gasteiger charge is 2.21. The van der Waals surface area contributed by atoms with Crippen LogP contribution in [0.1, 0.15) is 19.3 Å². The molecule has 0 aromatic carbocycles. The Morgan fingerprint density at radius 1 is 1.45 bits per heavy atom. The van der Waals surface area contributed by atoms with E-state index in [1.165, 1.54) is 19.0 Å². The third kappa shape index (κ3) is 4.43. The zero-order valence-electron chi connectivity index (χ0n) is 11.6. The molecule has 0 unspecified atom stereocenters. The van der Waals surface area contributed by atoms with Gasteiger partial charge in [-0.15, -0.1) is 0 Å². The van der Waals surface area contributed by atoms with Crippen LogP contribution in [0.25, 0.3) is 0 Å². The molecular weight excluding hydrogens is 278 g/mol. The van der Waals surface area contributed by atoms with Crippen LogP contribution in [0.4, 0.5) is 5.69 Å². The van der Waals surface area contributed by atoms with Crippen LogP contribution in [0.15, 0.2) is 23.4 Å². The van der Waals surface area contributed by atoms with Gasteiger partial charge in [-0.05, 0) is 37.3 Å². The molecule has 1 saturated carbocycles. The molecule has 1 aliphatic carbocycles. The van der Waals surface area contributed by atoms with Crippen LogP contribution in [0.3, 0.4) is 0 Å². The molecule has 7 heteroatoms. The number of rotatable bonds is 9. The van der Waals surface area contributed by atoms with E-state index in [1.807, 2.05) is 0 Å². The van der Waals surface area contributed by atoms with Crippen LogP contribution in [0.5, 0.6) is 0 Å². The molecule has 0 amide bonds. The van der Waals surface area contributed by atoms with Gasteiger partial charge in [0.25, 0.3) is 10.0 Å². The summed E-state index contributed by atoms with van der Waals surface area (Å²) in [5.41, 5.74) is 0.491. The fraction of sp³-hybridized carbons (Fsp3) is 0.615. The average Bonchev–Trinajstić information content (AvgIpc) is 3.26. The molecule has 1 aromatic heterocycles. The third-order valence-corrected chi connectivity index (χ3v) is 4.52. The fourth-order valence-corrected chi connectivity index (χ4v) is 2.99. The number of ether oxygens (including phenoxy) is 1. The van der Waals surface area contributed by atoms with Crippen molar-refractivity contribution in [2.45, 2.75) is 24.3 Å². The van der Waals surface area contributed by atoms with Crippen molar-refractivity contribution in [3.63, 3.8) is 0 Å². The molecule has 2 rings (SSSR count). The van der Waals surface area contributed by atoms with E-state index < -0.39 is 10.0 Å². The molecular formula is C13H21N3O3S. The Labute approximate surface area is 120 Å². The second kappa shape index (κ2) is 7.01. The molecule has 1 fully saturated rings. The minimum absolute atomic E-state index is 0.0291. The Bertz CT molecular complexity index is 529. The molecule has 112 valence electrons. The summed E-state index contributed by atoms with van der Waals surface area (Å²) in [5.74, 6) is 0.735. The summed E-state index contributed by atoms with van der Waals surface area (Å²) in [6.45, 7) is 1.74. The summed E-state index contributed by atoms with van der Waals surface area (Å²) >= 11 is 0. The minimum atomic E-state index is -3.57. The SMILES string of the molecule is CNc1cccnc1S(=O)(=O)NCCCOCC1CC1. The number of hydrogen-bond donors (Lipinski definition) is 2. The summed E-state index contributed by atoms with van der Waals surface area (Å²) in [6.07, 6.45) is 4.65. The van der Waals surface area contributed by atoms with Gasteiger partial charge in [0.2, 0.25) is 0 Å². The van der Waals surface area contributed by atoms with E-state index in [0.29, 0.717) is 25.3 Å². The zero-order chi connectivity index (χ0) is 14.4. The number of pyridine rings is 1. The number of anilines is 1. The molecule has 2 N–H and O–H groups in total. The minimum Gasteiger partial charge on any atom is -0.386 e. The second-order valence-electron chi connectivity index (χ2n) is 4.88. The molecule has 0 spiro atoms. The monoisotopic (exact) mass is 299 g/mol. The van der Waals surface area contributed by atoms with Gasteiger partial charge in [-0.1, -0.05) is 0 Å². The Balaban J connectivity index is 1.77. The topological polar surface area (TPSA) is 80.3 Å². The summed E-state index contributed by atoms with van der Waals surface area (Å²) < 4.78 is 32.2. The molecule has 1 aromatic rings. The molecule has 0 bridgehead atoms. The van der Waals surface area contributed by atoms with Gasteiger partial charge in [0, 0.05) is 33.0 Å². The van der Waals surface area contributed by atoms with Gasteiger partial charge in [-0.25, -0.2) is 18.1 Å². The van der Waals surface area contributed by atoms with Crippen LogP contribution in [-0.2, 0) is 14.8 Å². The second-order valence-corrected chi connectivity index (χ2v) is 6.56. The Kier molecular flexibility index (Phi) is 5.33. The summed E-state index contributed by atoms with van der Waals surface area (Å²) in [4.78, 5) is 3.92. The standard InChI is InChI=1S/C13H21N3O3S/c1-14-12-4-2-7-15-13(12)20(17,18)16-8-3-9-19-10-11-5-6-11/h2,4,7,11,14,16H,3,5-6,8-10H2,1H3. The number of hydrogen-bond acceptors (Lipinski definition) is 5. The van der Waals surface area contributed by atoms with Gasteiger partial charge in [0.1, 0.15) is 0 Å². The van der Waals surface area contributed by atoms with Gasteiger partial charge in [-0.3, -0.25) is 0 Å². The first-order valence-electron chi connectivity index (χ1n) is 6.83. The van der Waals surface area contributed by atoms with E-state index in [2.05, 4.69) is 15.0 Å². The van der Waals surface area contributed by atoms with Crippen molar-refractivity contribution in [3.05, 3.63) is 18.3 Å². The smallest absolute Gasteiger partial charge is 0.260 e. The largest absolute Gasteiger partial charge is 0.386 e. The van der Waals surface area contributed by atoms with E-state index in [0.717, 1.165) is 12.5 Å². The van der Waals surface area contributed by atoms with Crippen molar-refractivity contribution < 1.29 is 13.2 Å². The van der Waals surface area contributed by atoms with Gasteiger partial charge in [-0.2, -0.15) is 0 Å². The quantitative estimate of drug-likeness (QED) is 0.670. The van der Waals surface area contributed by atoms with Gasteiger partial charge in [0.15, 0.2) is 5.03 Å². The zero-order valence-corrected chi connectivity index (χ0v) is 12.4. The molecule has 6 nitrogen and oxygen atoms in total. The highest BCUT2D eigenvalue weighted by molar-refractivity contribution is 7.89. The van der Waals surface area contributed by atoms with Crippen LogP contribution in [0, 0.1) is 5.92 Å². The normalized spacial score (nSPS) is 15.2. The predicted octanol–water partition coefficient (Wildman–Crippen LogP) is 1.22. The van der Waals surface area contributed by atoms with Gasteiger partial charge in [0.05, 0.1) is 5.69 Å². The maximum Gasteiger partial charge on any atom is 0.260 e. The van der Waals surface area contributed by atoms with E-state index in [9.17, 15) is 8.42 Å². The van der Waals surface area contributed by atoms with Gasteiger partial charge < -0.3 is 10.1 Å². The molecule has 0 radical (unpaired) electrons. The fourth-order valence-electron chi connectivity index (χ4n) is 1.78. The lowest BCUT2D eigenvalue weighted by Crippen LogP contribution is -2.27. The van der Waals surface area contributed by atoms with Crippen molar-refractivity contribution >= 4 is 15.7 Å². The van der Waals surface area contributed by atoms with Crippen LogP contribution < -0.4 is 10.0 Å². The first kappa shape index (κ1) is 15.2. The first-order chi connectivity index (χ1) is 9.63. The Morgan fingerprint density at radius 2 is 2.25 bits per heavy atom. The van der Waals surface area contributed by atoms with Crippen molar-refractivity contribution in [1.82, 2.24) is 9.71 Å².